The lowest BCUT2D eigenvalue weighted by molar-refractivity contribution is -0.140. The zero-order valence-electron chi connectivity index (χ0n) is 17.7. The number of para-hydroxylation sites is 1. The normalized spacial score (nSPS) is 28.0. The van der Waals surface area contributed by atoms with Crippen LogP contribution >= 0.6 is 11.6 Å². The van der Waals surface area contributed by atoms with Gasteiger partial charge in [-0.15, -0.1) is 0 Å². The summed E-state index contributed by atoms with van der Waals surface area (Å²) in [5.74, 6) is -0.453. The zero-order valence-corrected chi connectivity index (χ0v) is 18.4. The van der Waals surface area contributed by atoms with Crippen molar-refractivity contribution in [2.24, 2.45) is 21.3 Å². The number of nitrogens with one attached hydrogen (secondary N) is 2. The van der Waals surface area contributed by atoms with Crippen LogP contribution in [0.25, 0.3) is 0 Å². The summed E-state index contributed by atoms with van der Waals surface area (Å²) in [6, 6.07) is 14.8. The number of rotatable bonds is 4. The number of benzene rings is 2. The van der Waals surface area contributed by atoms with Gasteiger partial charge in [-0.2, -0.15) is 5.10 Å². The molecule has 2 atom stereocenters. The molecule has 0 saturated heterocycles. The summed E-state index contributed by atoms with van der Waals surface area (Å²) in [6.07, 6.45) is 1.24. The molecule has 0 heterocycles. The van der Waals surface area contributed by atoms with Crippen molar-refractivity contribution < 1.29 is 9.59 Å². The molecule has 2 N–H and O–H groups in total. The van der Waals surface area contributed by atoms with Gasteiger partial charge >= 0.3 is 0 Å². The van der Waals surface area contributed by atoms with E-state index in [1.807, 2.05) is 58.0 Å². The summed E-state index contributed by atoms with van der Waals surface area (Å²) in [4.78, 5) is 27.2. The van der Waals surface area contributed by atoms with Crippen molar-refractivity contribution in [1.82, 2.24) is 0 Å². The van der Waals surface area contributed by atoms with E-state index in [1.165, 1.54) is 0 Å². The van der Waals surface area contributed by atoms with Crippen molar-refractivity contribution in [3.63, 3.8) is 0 Å². The number of aryl methyl sites for hydroxylation is 1. The van der Waals surface area contributed by atoms with Crippen LogP contribution in [0, 0.1) is 23.2 Å². The van der Waals surface area contributed by atoms with Crippen LogP contribution in [0.5, 0.6) is 0 Å². The number of hydrazone groups is 1. The van der Waals surface area contributed by atoms with Gasteiger partial charge in [-0.1, -0.05) is 50.6 Å². The Bertz CT molecular complexity index is 1060. The summed E-state index contributed by atoms with van der Waals surface area (Å²) in [7, 11) is 0. The summed E-state index contributed by atoms with van der Waals surface area (Å²) in [5, 5.41) is 8.12. The summed E-state index contributed by atoms with van der Waals surface area (Å²) >= 11 is 6.04. The Morgan fingerprint density at radius 2 is 1.77 bits per heavy atom. The fraction of sp³-hybridized carbons (Fsp3) is 0.375. The topological polar surface area (TPSA) is 70.6 Å². The molecule has 2 aromatic rings. The Morgan fingerprint density at radius 1 is 1.07 bits per heavy atom. The van der Waals surface area contributed by atoms with E-state index in [1.54, 1.807) is 18.2 Å². The van der Waals surface area contributed by atoms with Crippen molar-refractivity contribution >= 4 is 40.4 Å². The number of halogens is 1. The number of Topliss-reactive ketones (excluding diaryl/α,β-unsaturated/α-hetero) is 1. The highest BCUT2D eigenvalue weighted by molar-refractivity contribution is 6.51. The van der Waals surface area contributed by atoms with Crippen LogP contribution in [0.4, 0.5) is 11.4 Å². The van der Waals surface area contributed by atoms with Gasteiger partial charge in [0.2, 0.25) is 5.91 Å². The molecule has 2 fully saturated rings. The second kappa shape index (κ2) is 6.95. The van der Waals surface area contributed by atoms with Gasteiger partial charge in [-0.05, 0) is 61.1 Å². The molecule has 4 rings (SSSR count). The molecule has 0 aliphatic heterocycles. The standard InChI is InChI=1S/C24H26ClN3O2/c1-15-14-16(25)10-11-18(15)26-21(30)24-13-12-23(4,22(24,2)3)19(20(24)29)28-27-17-8-6-5-7-9-17/h5-11,14,27H,12-13H2,1-4H3,(H,26,30)/b28-19+. The lowest BCUT2D eigenvalue weighted by atomic mass is 9.64. The Balaban J connectivity index is 1.70. The highest BCUT2D eigenvalue weighted by Crippen LogP contribution is 2.69. The Labute approximate surface area is 181 Å². The Hall–Kier alpha value is -2.66. The molecule has 2 aliphatic carbocycles. The largest absolute Gasteiger partial charge is 0.325 e. The number of hydrogen-bond donors (Lipinski definition) is 2. The number of amides is 1. The van der Waals surface area contributed by atoms with E-state index in [2.05, 4.69) is 15.8 Å². The lowest BCUT2D eigenvalue weighted by Crippen LogP contribution is -2.47. The predicted octanol–water partition coefficient (Wildman–Crippen LogP) is 5.45. The van der Waals surface area contributed by atoms with Crippen LogP contribution in [-0.2, 0) is 9.59 Å². The van der Waals surface area contributed by atoms with E-state index in [4.69, 9.17) is 11.6 Å². The first-order valence-corrected chi connectivity index (χ1v) is 10.5. The van der Waals surface area contributed by atoms with Gasteiger partial charge in [0.1, 0.15) is 11.1 Å². The number of carbonyl (C=O) groups is 2. The number of anilines is 2. The smallest absolute Gasteiger partial charge is 0.239 e. The predicted molar refractivity (Wildman–Crippen MR) is 121 cm³/mol. The molecule has 1 amide bonds. The van der Waals surface area contributed by atoms with Crippen LogP contribution in [-0.4, -0.2) is 17.4 Å². The quantitative estimate of drug-likeness (QED) is 0.507. The third kappa shape index (κ3) is 2.72. The highest BCUT2D eigenvalue weighted by Gasteiger charge is 2.76. The van der Waals surface area contributed by atoms with Gasteiger partial charge in [0.15, 0.2) is 5.78 Å². The third-order valence-corrected chi connectivity index (χ3v) is 7.70. The Kier molecular flexibility index (Phi) is 4.77. The van der Waals surface area contributed by atoms with Gasteiger partial charge in [0.25, 0.3) is 0 Å². The molecule has 2 aliphatic rings. The van der Waals surface area contributed by atoms with Gasteiger partial charge in [0, 0.05) is 16.1 Å². The van der Waals surface area contributed by atoms with E-state index in [0.29, 0.717) is 22.8 Å². The summed E-state index contributed by atoms with van der Waals surface area (Å²) in [6.45, 7) is 7.96. The van der Waals surface area contributed by atoms with Gasteiger partial charge in [-0.25, -0.2) is 0 Å². The first-order valence-electron chi connectivity index (χ1n) is 10.2. The maximum Gasteiger partial charge on any atom is 0.239 e. The molecule has 0 aromatic heterocycles. The van der Waals surface area contributed by atoms with Crippen LogP contribution in [0.1, 0.15) is 39.2 Å². The fourth-order valence-electron chi connectivity index (χ4n) is 5.10. The van der Waals surface area contributed by atoms with Crippen molar-refractivity contribution in [3.05, 3.63) is 59.1 Å². The van der Waals surface area contributed by atoms with Crippen LogP contribution in [0.2, 0.25) is 5.02 Å². The molecule has 0 spiro atoms. The minimum Gasteiger partial charge on any atom is -0.325 e. The summed E-state index contributed by atoms with van der Waals surface area (Å²) in [5.41, 5.74) is 3.58. The van der Waals surface area contributed by atoms with E-state index in [0.717, 1.165) is 17.7 Å². The molecular formula is C24H26ClN3O2. The van der Waals surface area contributed by atoms with Crippen molar-refractivity contribution in [3.8, 4) is 0 Å². The van der Waals surface area contributed by atoms with Crippen LogP contribution < -0.4 is 10.7 Å². The van der Waals surface area contributed by atoms with Gasteiger partial charge in [0.05, 0.1) is 5.69 Å². The van der Waals surface area contributed by atoms with E-state index < -0.39 is 16.2 Å². The molecule has 156 valence electrons. The second-order valence-electron chi connectivity index (χ2n) is 9.04. The molecule has 0 radical (unpaired) electrons. The van der Waals surface area contributed by atoms with E-state index in [-0.39, 0.29) is 11.7 Å². The van der Waals surface area contributed by atoms with Gasteiger partial charge < -0.3 is 5.32 Å². The maximum atomic E-state index is 13.6. The highest BCUT2D eigenvalue weighted by atomic mass is 35.5. The van der Waals surface area contributed by atoms with Gasteiger partial charge in [-0.3, -0.25) is 15.0 Å². The second-order valence-corrected chi connectivity index (χ2v) is 9.48. The summed E-state index contributed by atoms with van der Waals surface area (Å²) < 4.78 is 0. The van der Waals surface area contributed by atoms with Crippen molar-refractivity contribution in [1.29, 1.82) is 0 Å². The maximum absolute atomic E-state index is 13.6. The molecule has 30 heavy (non-hydrogen) atoms. The fourth-order valence-corrected chi connectivity index (χ4v) is 5.33. The number of ketones is 1. The molecule has 5 nitrogen and oxygen atoms in total. The molecule has 2 unspecified atom stereocenters. The van der Waals surface area contributed by atoms with E-state index >= 15 is 0 Å². The first-order chi connectivity index (χ1) is 14.1. The average molecular weight is 424 g/mol. The molecule has 6 heteroatoms. The van der Waals surface area contributed by atoms with Crippen molar-refractivity contribution in [2.75, 3.05) is 10.7 Å². The van der Waals surface area contributed by atoms with Crippen LogP contribution in [0.15, 0.2) is 53.6 Å². The number of hydrogen-bond acceptors (Lipinski definition) is 4. The molecule has 2 aromatic carbocycles. The third-order valence-electron chi connectivity index (χ3n) is 7.47. The lowest BCUT2D eigenvalue weighted by Gasteiger charge is -2.37. The van der Waals surface area contributed by atoms with Crippen LogP contribution in [0.3, 0.4) is 0 Å². The molecule has 2 bridgehead atoms. The first kappa shape index (κ1) is 20.6. The SMILES string of the molecule is Cc1cc(Cl)ccc1NC(=O)C12CCC(C)(/C(=N/Nc3ccccc3)C1=O)C2(C)C. The number of nitrogens with zero attached hydrogens (tertiary/aromatic N) is 1. The minimum absolute atomic E-state index is 0.186. The molecular weight excluding hydrogens is 398 g/mol. The minimum atomic E-state index is -1.15. The zero-order chi connectivity index (χ0) is 21.7. The molecule has 2 saturated carbocycles. The monoisotopic (exact) mass is 423 g/mol. The Morgan fingerprint density at radius 3 is 2.43 bits per heavy atom. The number of fused-ring (bicyclic) bond motifs is 2. The van der Waals surface area contributed by atoms with E-state index in [9.17, 15) is 9.59 Å². The van der Waals surface area contributed by atoms with Crippen molar-refractivity contribution in [2.45, 2.75) is 40.5 Å². The average Bonchev–Trinajstić information content (AvgIpc) is 2.98. The number of carbonyl (C=O) groups excluding carboxylic acids is 2.